The second-order valence-corrected chi connectivity index (χ2v) is 4.63. The molecule has 1 aliphatic rings. The Labute approximate surface area is 79.4 Å². The fourth-order valence-corrected chi connectivity index (χ4v) is 1.10. The summed E-state index contributed by atoms with van der Waals surface area (Å²) in [5.41, 5.74) is -0.379. The van der Waals surface area contributed by atoms with Crippen LogP contribution < -0.4 is 0 Å². The van der Waals surface area contributed by atoms with Crippen LogP contribution in [0, 0.1) is 5.92 Å². The lowest BCUT2D eigenvalue weighted by Gasteiger charge is -2.21. The molecular formula is C10H18O3. The Kier molecular flexibility index (Phi) is 2.96. The van der Waals surface area contributed by atoms with Crippen molar-refractivity contribution in [3.63, 3.8) is 0 Å². The Balaban J connectivity index is 2.28. The van der Waals surface area contributed by atoms with Gasteiger partial charge >= 0.3 is 5.97 Å². The molecule has 3 heteroatoms. The third kappa shape index (κ3) is 4.27. The largest absolute Gasteiger partial charge is 0.460 e. The minimum atomic E-state index is -0.379. The molecule has 1 heterocycles. The van der Waals surface area contributed by atoms with Crippen LogP contribution in [0.5, 0.6) is 0 Å². The summed E-state index contributed by atoms with van der Waals surface area (Å²) in [5, 5.41) is 0. The third-order valence-corrected chi connectivity index (χ3v) is 1.83. The monoisotopic (exact) mass is 186 g/mol. The molecule has 0 N–H and O–H groups in total. The normalized spacial score (nSPS) is 23.8. The van der Waals surface area contributed by atoms with E-state index in [-0.39, 0.29) is 17.5 Å². The Morgan fingerprint density at radius 2 is 2.15 bits per heavy atom. The van der Waals surface area contributed by atoms with Crippen molar-refractivity contribution in [2.45, 2.75) is 45.8 Å². The van der Waals surface area contributed by atoms with Gasteiger partial charge < -0.3 is 9.47 Å². The van der Waals surface area contributed by atoms with Crippen molar-refractivity contribution >= 4 is 5.97 Å². The van der Waals surface area contributed by atoms with Crippen molar-refractivity contribution in [3.05, 3.63) is 0 Å². The minimum Gasteiger partial charge on any atom is -0.460 e. The number of hydrogen-bond donors (Lipinski definition) is 0. The number of epoxide rings is 1. The molecule has 2 atom stereocenters. The molecule has 0 bridgehead atoms. The van der Waals surface area contributed by atoms with E-state index < -0.39 is 0 Å². The van der Waals surface area contributed by atoms with Gasteiger partial charge in [0.2, 0.25) is 0 Å². The van der Waals surface area contributed by atoms with E-state index in [4.69, 9.17) is 9.47 Å². The molecule has 0 aliphatic carbocycles. The van der Waals surface area contributed by atoms with E-state index in [0.29, 0.717) is 6.10 Å². The smallest absolute Gasteiger partial charge is 0.309 e. The van der Waals surface area contributed by atoms with Crippen molar-refractivity contribution in [2.75, 3.05) is 6.61 Å². The molecule has 0 aromatic rings. The molecule has 0 aromatic heterocycles. The van der Waals surface area contributed by atoms with Gasteiger partial charge in [-0.3, -0.25) is 4.79 Å². The zero-order valence-corrected chi connectivity index (χ0v) is 8.79. The van der Waals surface area contributed by atoms with Crippen molar-refractivity contribution in [1.82, 2.24) is 0 Å². The molecule has 1 unspecified atom stereocenters. The maximum absolute atomic E-state index is 11.4. The van der Waals surface area contributed by atoms with Crippen molar-refractivity contribution in [3.8, 4) is 0 Å². The molecule has 3 nitrogen and oxygen atoms in total. The highest BCUT2D eigenvalue weighted by atomic mass is 16.6. The maximum atomic E-state index is 11.4. The average molecular weight is 186 g/mol. The first-order valence-corrected chi connectivity index (χ1v) is 4.73. The van der Waals surface area contributed by atoms with Gasteiger partial charge in [-0.2, -0.15) is 0 Å². The Bertz CT molecular complexity index is 189. The number of rotatable bonds is 3. The summed E-state index contributed by atoms with van der Waals surface area (Å²) in [5.74, 6) is -0.172. The van der Waals surface area contributed by atoms with Gasteiger partial charge in [0, 0.05) is 0 Å². The lowest BCUT2D eigenvalue weighted by molar-refractivity contribution is -0.159. The second kappa shape index (κ2) is 3.66. The van der Waals surface area contributed by atoms with E-state index in [1.807, 2.05) is 27.7 Å². The SMILES string of the molecule is C[C@@H](CC1CO1)C(=O)OC(C)(C)C. The lowest BCUT2D eigenvalue weighted by atomic mass is 10.1. The predicted octanol–water partition coefficient (Wildman–Crippen LogP) is 1.75. The van der Waals surface area contributed by atoms with Crippen LogP contribution in [0.25, 0.3) is 0 Å². The molecule has 0 radical (unpaired) electrons. The van der Waals surface area contributed by atoms with Crippen LogP contribution in [0.3, 0.4) is 0 Å². The molecule has 0 amide bonds. The van der Waals surface area contributed by atoms with Crippen molar-refractivity contribution < 1.29 is 14.3 Å². The molecular weight excluding hydrogens is 168 g/mol. The van der Waals surface area contributed by atoms with Crippen LogP contribution in [0.15, 0.2) is 0 Å². The minimum absolute atomic E-state index is 0.0493. The summed E-state index contributed by atoms with van der Waals surface area (Å²) >= 11 is 0. The Morgan fingerprint density at radius 1 is 1.62 bits per heavy atom. The molecule has 76 valence electrons. The number of carbonyl (C=O) groups excluding carboxylic acids is 1. The van der Waals surface area contributed by atoms with E-state index in [1.54, 1.807) is 0 Å². The molecule has 1 fully saturated rings. The zero-order chi connectivity index (χ0) is 10.1. The summed E-state index contributed by atoms with van der Waals surface area (Å²) < 4.78 is 10.3. The van der Waals surface area contributed by atoms with E-state index >= 15 is 0 Å². The summed E-state index contributed by atoms with van der Waals surface area (Å²) in [7, 11) is 0. The molecule has 1 aliphatic heterocycles. The summed E-state index contributed by atoms with van der Waals surface area (Å²) in [4.78, 5) is 11.4. The predicted molar refractivity (Wildman–Crippen MR) is 49.4 cm³/mol. The quantitative estimate of drug-likeness (QED) is 0.498. The zero-order valence-electron chi connectivity index (χ0n) is 8.79. The van der Waals surface area contributed by atoms with Crippen LogP contribution in [0.1, 0.15) is 34.1 Å². The fraction of sp³-hybridized carbons (Fsp3) is 0.900. The van der Waals surface area contributed by atoms with Crippen molar-refractivity contribution in [2.24, 2.45) is 5.92 Å². The van der Waals surface area contributed by atoms with Gasteiger partial charge in [0.1, 0.15) is 5.60 Å². The van der Waals surface area contributed by atoms with Gasteiger partial charge in [0.25, 0.3) is 0 Å². The first-order valence-electron chi connectivity index (χ1n) is 4.73. The number of esters is 1. The molecule has 0 saturated carbocycles. The lowest BCUT2D eigenvalue weighted by Crippen LogP contribution is -2.28. The highest BCUT2D eigenvalue weighted by Crippen LogP contribution is 2.21. The van der Waals surface area contributed by atoms with Crippen LogP contribution in [-0.4, -0.2) is 24.3 Å². The van der Waals surface area contributed by atoms with Crippen molar-refractivity contribution in [1.29, 1.82) is 0 Å². The molecule has 1 rings (SSSR count). The molecule has 0 spiro atoms. The number of ether oxygens (including phenoxy) is 2. The molecule has 1 saturated heterocycles. The van der Waals surface area contributed by atoms with E-state index in [2.05, 4.69) is 0 Å². The van der Waals surface area contributed by atoms with Crippen LogP contribution >= 0.6 is 0 Å². The number of carbonyl (C=O) groups is 1. The van der Waals surface area contributed by atoms with Gasteiger partial charge in [-0.1, -0.05) is 6.92 Å². The summed E-state index contributed by atoms with van der Waals surface area (Å²) in [6.07, 6.45) is 1.08. The summed E-state index contributed by atoms with van der Waals surface area (Å²) in [6.45, 7) is 8.32. The van der Waals surface area contributed by atoms with Crippen LogP contribution in [0.2, 0.25) is 0 Å². The van der Waals surface area contributed by atoms with Gasteiger partial charge in [-0.15, -0.1) is 0 Å². The standard InChI is InChI=1S/C10H18O3/c1-7(5-8-6-12-8)9(11)13-10(2,3)4/h7-8H,5-6H2,1-4H3/t7-,8?/m0/s1. The second-order valence-electron chi connectivity index (χ2n) is 4.63. The van der Waals surface area contributed by atoms with Gasteiger partial charge in [0.15, 0.2) is 0 Å². The highest BCUT2D eigenvalue weighted by Gasteiger charge is 2.30. The van der Waals surface area contributed by atoms with Gasteiger partial charge in [-0.05, 0) is 27.2 Å². The summed E-state index contributed by atoms with van der Waals surface area (Å²) in [6, 6.07) is 0. The van der Waals surface area contributed by atoms with E-state index in [1.165, 1.54) is 0 Å². The average Bonchev–Trinajstić information content (AvgIpc) is 2.67. The molecule has 13 heavy (non-hydrogen) atoms. The van der Waals surface area contributed by atoms with Crippen LogP contribution in [-0.2, 0) is 14.3 Å². The van der Waals surface area contributed by atoms with E-state index in [9.17, 15) is 4.79 Å². The third-order valence-electron chi connectivity index (χ3n) is 1.83. The Morgan fingerprint density at radius 3 is 2.54 bits per heavy atom. The topological polar surface area (TPSA) is 38.8 Å². The number of hydrogen-bond acceptors (Lipinski definition) is 3. The highest BCUT2D eigenvalue weighted by molar-refractivity contribution is 5.72. The molecule has 0 aromatic carbocycles. The van der Waals surface area contributed by atoms with Gasteiger partial charge in [0.05, 0.1) is 18.6 Å². The fourth-order valence-electron chi connectivity index (χ4n) is 1.10. The first-order chi connectivity index (χ1) is 5.88. The van der Waals surface area contributed by atoms with Gasteiger partial charge in [-0.25, -0.2) is 0 Å². The van der Waals surface area contributed by atoms with E-state index in [0.717, 1.165) is 13.0 Å². The van der Waals surface area contributed by atoms with Crippen LogP contribution in [0.4, 0.5) is 0 Å². The maximum Gasteiger partial charge on any atom is 0.309 e. The first kappa shape index (κ1) is 10.5. The Hall–Kier alpha value is -0.570.